The van der Waals surface area contributed by atoms with Gasteiger partial charge in [-0.15, -0.1) is 0 Å². The van der Waals surface area contributed by atoms with E-state index >= 15 is 0 Å². The number of aromatic hydroxyl groups is 1. The number of rotatable bonds is 4. The number of phenols is 1. The number of nitrogens with zero attached hydrogens (tertiary/aromatic N) is 1. The maximum Gasteiger partial charge on any atom is 0.229 e. The normalized spacial score (nSPS) is 29.3. The highest BCUT2D eigenvalue weighted by atomic mass is 16.5. The summed E-state index contributed by atoms with van der Waals surface area (Å²) in [4.78, 5) is 15.2. The summed E-state index contributed by atoms with van der Waals surface area (Å²) in [6.45, 7) is 5.17. The number of carbonyl (C=O) groups excluding carboxylic acids is 1. The molecule has 1 amide bonds. The van der Waals surface area contributed by atoms with Crippen molar-refractivity contribution >= 4 is 5.91 Å². The third-order valence-electron chi connectivity index (χ3n) is 7.08. The molecule has 0 radical (unpaired) electrons. The average Bonchev–Trinajstić information content (AvgIpc) is 3.17. The van der Waals surface area contributed by atoms with E-state index < -0.39 is 11.5 Å². The second-order valence-corrected chi connectivity index (χ2v) is 9.06. The zero-order chi connectivity index (χ0) is 21.5. The Morgan fingerprint density at radius 1 is 1.17 bits per heavy atom. The van der Waals surface area contributed by atoms with Crippen LogP contribution in [0.4, 0.5) is 0 Å². The molecule has 5 unspecified atom stereocenters. The van der Waals surface area contributed by atoms with E-state index in [4.69, 9.17) is 4.74 Å². The Labute approximate surface area is 178 Å². The number of carbonyl (C=O) groups is 1. The lowest BCUT2D eigenvalue weighted by molar-refractivity contribution is -0.132. The maximum absolute atomic E-state index is 13.3. The van der Waals surface area contributed by atoms with Gasteiger partial charge in [-0.05, 0) is 43.7 Å². The first-order valence-electron chi connectivity index (χ1n) is 10.8. The van der Waals surface area contributed by atoms with E-state index in [2.05, 4.69) is 6.92 Å². The van der Waals surface area contributed by atoms with Crippen LogP contribution in [-0.2, 0) is 10.4 Å². The van der Waals surface area contributed by atoms with Crippen LogP contribution in [0.2, 0.25) is 0 Å². The molecule has 2 aliphatic rings. The first kappa shape index (κ1) is 20.7. The molecule has 1 heterocycles. The number of aliphatic hydroxyl groups is 1. The third-order valence-corrected chi connectivity index (χ3v) is 7.08. The summed E-state index contributed by atoms with van der Waals surface area (Å²) in [5.41, 5.74) is 0.435. The van der Waals surface area contributed by atoms with Crippen LogP contribution in [0, 0.1) is 17.8 Å². The van der Waals surface area contributed by atoms with Gasteiger partial charge in [-0.3, -0.25) is 4.79 Å². The molecule has 2 aromatic carbocycles. The van der Waals surface area contributed by atoms with Crippen LogP contribution in [-0.4, -0.2) is 41.2 Å². The monoisotopic (exact) mass is 409 g/mol. The Kier molecular flexibility index (Phi) is 5.49. The number of para-hydroxylation sites is 2. The minimum Gasteiger partial charge on any atom is -0.508 e. The Bertz CT molecular complexity index is 929. The maximum atomic E-state index is 13.3. The molecule has 1 saturated carbocycles. The number of hydrogen-bond acceptors (Lipinski definition) is 4. The molecule has 2 fully saturated rings. The van der Waals surface area contributed by atoms with Crippen molar-refractivity contribution in [1.82, 2.24) is 4.90 Å². The Morgan fingerprint density at radius 2 is 1.87 bits per heavy atom. The molecule has 5 atom stereocenters. The quantitative estimate of drug-likeness (QED) is 0.804. The van der Waals surface area contributed by atoms with Gasteiger partial charge in [-0.1, -0.05) is 43.3 Å². The highest BCUT2D eigenvalue weighted by Gasteiger charge is 2.53. The van der Waals surface area contributed by atoms with Gasteiger partial charge in [0.2, 0.25) is 5.91 Å². The molecule has 0 spiro atoms. The molecule has 5 nitrogen and oxygen atoms in total. The second-order valence-electron chi connectivity index (χ2n) is 9.06. The van der Waals surface area contributed by atoms with Crippen LogP contribution in [0.1, 0.15) is 43.7 Å². The zero-order valence-corrected chi connectivity index (χ0v) is 17.9. The summed E-state index contributed by atoms with van der Waals surface area (Å²) in [6, 6.07) is 14.7. The lowest BCUT2D eigenvalue weighted by atomic mass is 9.64. The van der Waals surface area contributed by atoms with Gasteiger partial charge in [0.05, 0.1) is 18.6 Å². The van der Waals surface area contributed by atoms with E-state index in [0.29, 0.717) is 36.7 Å². The number of likely N-dealkylation sites (tertiary alicyclic amines) is 1. The van der Waals surface area contributed by atoms with Gasteiger partial charge < -0.3 is 19.8 Å². The Balaban J connectivity index is 1.62. The fourth-order valence-electron chi connectivity index (χ4n) is 5.69. The van der Waals surface area contributed by atoms with Crippen molar-refractivity contribution in [3.8, 4) is 11.5 Å². The lowest BCUT2D eigenvalue weighted by Gasteiger charge is -2.44. The van der Waals surface area contributed by atoms with Crippen LogP contribution in [0.25, 0.3) is 0 Å². The van der Waals surface area contributed by atoms with E-state index in [9.17, 15) is 15.0 Å². The van der Waals surface area contributed by atoms with Crippen LogP contribution in [0.15, 0.2) is 48.5 Å². The topological polar surface area (TPSA) is 70.0 Å². The SMILES string of the molecule is COc1ccccc1C1(O)CC(C)CC2CN(C(=O)C(C)c3ccccc3O)CC21. The number of ether oxygens (including phenoxy) is 1. The van der Waals surface area contributed by atoms with Gasteiger partial charge in [0, 0.05) is 30.1 Å². The van der Waals surface area contributed by atoms with Gasteiger partial charge in [-0.25, -0.2) is 0 Å². The minimum atomic E-state index is -1.03. The summed E-state index contributed by atoms with van der Waals surface area (Å²) < 4.78 is 5.56. The largest absolute Gasteiger partial charge is 0.508 e. The molecular formula is C25H31NO4. The van der Waals surface area contributed by atoms with Gasteiger partial charge in [0.15, 0.2) is 0 Å². The first-order chi connectivity index (χ1) is 14.3. The summed E-state index contributed by atoms with van der Waals surface area (Å²) >= 11 is 0. The minimum absolute atomic E-state index is 0.000861. The molecule has 1 aliphatic carbocycles. The third kappa shape index (κ3) is 3.45. The molecule has 5 heteroatoms. The van der Waals surface area contributed by atoms with Crippen LogP contribution in [0.3, 0.4) is 0 Å². The molecule has 1 aliphatic heterocycles. The molecule has 30 heavy (non-hydrogen) atoms. The van der Waals surface area contributed by atoms with Crippen molar-refractivity contribution in [2.24, 2.45) is 17.8 Å². The van der Waals surface area contributed by atoms with Crippen molar-refractivity contribution in [3.05, 3.63) is 59.7 Å². The Morgan fingerprint density at radius 3 is 2.60 bits per heavy atom. The van der Waals surface area contributed by atoms with E-state index in [1.807, 2.05) is 42.2 Å². The standard InChI is InChI=1S/C25H31NO4/c1-16-12-18-14-26(24(28)17(2)19-8-4-6-10-22(19)27)15-21(18)25(29,13-16)20-9-5-7-11-23(20)30-3/h4-11,16-18,21,27,29H,12-15H2,1-3H3. The van der Waals surface area contributed by atoms with E-state index in [0.717, 1.165) is 12.0 Å². The molecule has 2 aromatic rings. The van der Waals surface area contributed by atoms with Gasteiger partial charge in [0.25, 0.3) is 0 Å². The summed E-state index contributed by atoms with van der Waals surface area (Å²) in [6.07, 6.45) is 1.66. The molecule has 0 aromatic heterocycles. The van der Waals surface area contributed by atoms with Crippen LogP contribution >= 0.6 is 0 Å². The molecule has 2 N–H and O–H groups in total. The van der Waals surface area contributed by atoms with Crippen molar-refractivity contribution < 1.29 is 19.7 Å². The van der Waals surface area contributed by atoms with E-state index in [1.165, 1.54) is 0 Å². The van der Waals surface area contributed by atoms with E-state index in [1.54, 1.807) is 25.3 Å². The van der Waals surface area contributed by atoms with Crippen molar-refractivity contribution in [2.75, 3.05) is 20.2 Å². The lowest BCUT2D eigenvalue weighted by Crippen LogP contribution is -2.45. The number of benzene rings is 2. The molecule has 1 saturated heterocycles. The zero-order valence-electron chi connectivity index (χ0n) is 17.9. The highest BCUT2D eigenvalue weighted by molar-refractivity contribution is 5.84. The molecule has 0 bridgehead atoms. The van der Waals surface area contributed by atoms with E-state index in [-0.39, 0.29) is 23.5 Å². The number of amides is 1. The Hall–Kier alpha value is -2.53. The van der Waals surface area contributed by atoms with Gasteiger partial charge in [0.1, 0.15) is 11.5 Å². The highest BCUT2D eigenvalue weighted by Crippen LogP contribution is 2.52. The second kappa shape index (κ2) is 7.95. The first-order valence-corrected chi connectivity index (χ1v) is 10.8. The summed E-state index contributed by atoms with van der Waals surface area (Å²) in [7, 11) is 1.63. The fraction of sp³-hybridized carbons (Fsp3) is 0.480. The van der Waals surface area contributed by atoms with Crippen LogP contribution < -0.4 is 4.74 Å². The predicted molar refractivity (Wildman–Crippen MR) is 115 cm³/mol. The number of hydrogen-bond donors (Lipinski definition) is 2. The van der Waals surface area contributed by atoms with Gasteiger partial charge in [-0.2, -0.15) is 0 Å². The van der Waals surface area contributed by atoms with Gasteiger partial charge >= 0.3 is 0 Å². The molecular weight excluding hydrogens is 378 g/mol. The average molecular weight is 410 g/mol. The number of phenolic OH excluding ortho intramolecular Hbond substituents is 1. The number of fused-ring (bicyclic) bond motifs is 1. The summed E-state index contributed by atoms with van der Waals surface area (Å²) in [5.74, 6) is 0.972. The van der Waals surface area contributed by atoms with Crippen molar-refractivity contribution in [2.45, 2.75) is 38.2 Å². The predicted octanol–water partition coefficient (Wildman–Crippen LogP) is 3.90. The van der Waals surface area contributed by atoms with Crippen molar-refractivity contribution in [1.29, 1.82) is 0 Å². The molecule has 160 valence electrons. The molecule has 4 rings (SSSR count). The number of methoxy groups -OCH3 is 1. The summed E-state index contributed by atoms with van der Waals surface area (Å²) in [5, 5.41) is 22.1. The van der Waals surface area contributed by atoms with Crippen LogP contribution in [0.5, 0.6) is 11.5 Å². The fourth-order valence-corrected chi connectivity index (χ4v) is 5.69. The van der Waals surface area contributed by atoms with Crippen molar-refractivity contribution in [3.63, 3.8) is 0 Å². The smallest absolute Gasteiger partial charge is 0.229 e.